The molecule has 2 nitrogen and oxygen atoms in total. The second kappa shape index (κ2) is 5.02. The predicted octanol–water partition coefficient (Wildman–Crippen LogP) is 4.35. The molecule has 0 amide bonds. The van der Waals surface area contributed by atoms with Crippen molar-refractivity contribution in [2.75, 3.05) is 7.11 Å². The Hall–Kier alpha value is -2.48. The summed E-state index contributed by atoms with van der Waals surface area (Å²) < 4.78 is 5.22. The summed E-state index contributed by atoms with van der Waals surface area (Å²) in [5.41, 5.74) is 3.37. The molecule has 0 saturated heterocycles. The Morgan fingerprint density at radius 2 is 1.79 bits per heavy atom. The molecule has 1 aromatic heterocycles. The van der Waals surface area contributed by atoms with Crippen molar-refractivity contribution >= 4 is 23.1 Å². The lowest BCUT2D eigenvalue weighted by molar-refractivity contribution is 0.415. The van der Waals surface area contributed by atoms with Crippen molar-refractivity contribution in [2.45, 2.75) is 0 Å². The van der Waals surface area contributed by atoms with Crippen LogP contribution in [0.5, 0.6) is 5.75 Å². The van der Waals surface area contributed by atoms with Crippen LogP contribution >= 0.6 is 0 Å². The van der Waals surface area contributed by atoms with Gasteiger partial charge in [-0.25, -0.2) is 0 Å². The number of fused-ring (bicyclic) bond motifs is 1. The lowest BCUT2D eigenvalue weighted by Crippen LogP contribution is -1.80. The van der Waals surface area contributed by atoms with Crippen molar-refractivity contribution in [3.63, 3.8) is 0 Å². The average Bonchev–Trinajstić information content (AvgIpc) is 2.88. The number of ether oxygens (including phenoxy) is 1. The molecule has 0 atom stereocenters. The van der Waals surface area contributed by atoms with E-state index in [4.69, 9.17) is 4.74 Å². The molecule has 1 N–H and O–H groups in total. The molecule has 19 heavy (non-hydrogen) atoms. The summed E-state index contributed by atoms with van der Waals surface area (Å²) in [6, 6.07) is 18.4. The van der Waals surface area contributed by atoms with Crippen molar-refractivity contribution in [1.82, 2.24) is 4.98 Å². The van der Waals surface area contributed by atoms with Gasteiger partial charge >= 0.3 is 0 Å². The third-order valence-electron chi connectivity index (χ3n) is 3.11. The fourth-order valence-corrected chi connectivity index (χ4v) is 2.10. The molecule has 0 aliphatic carbocycles. The maximum absolute atomic E-state index is 5.22. The first kappa shape index (κ1) is 11.6. The van der Waals surface area contributed by atoms with Gasteiger partial charge in [-0.3, -0.25) is 0 Å². The maximum Gasteiger partial charge on any atom is 0.120 e. The van der Waals surface area contributed by atoms with Crippen molar-refractivity contribution < 1.29 is 4.74 Å². The first-order valence-corrected chi connectivity index (χ1v) is 6.25. The van der Waals surface area contributed by atoms with Crippen LogP contribution in [0.1, 0.15) is 11.3 Å². The van der Waals surface area contributed by atoms with Crippen LogP contribution in [0.4, 0.5) is 0 Å². The van der Waals surface area contributed by atoms with Gasteiger partial charge in [0.05, 0.1) is 7.11 Å². The van der Waals surface area contributed by atoms with E-state index in [1.807, 2.05) is 30.3 Å². The molecule has 0 unspecified atom stereocenters. The fourth-order valence-electron chi connectivity index (χ4n) is 2.10. The third kappa shape index (κ3) is 2.52. The van der Waals surface area contributed by atoms with E-state index in [9.17, 15) is 0 Å². The van der Waals surface area contributed by atoms with Crippen LogP contribution in [0.25, 0.3) is 23.1 Å². The summed E-state index contributed by atoms with van der Waals surface area (Å²) in [6.07, 6.45) is 4.18. The normalized spacial score (nSPS) is 11.2. The number of methoxy groups -OCH3 is 1. The molecule has 0 bridgehead atoms. The summed E-state index contributed by atoms with van der Waals surface area (Å²) in [7, 11) is 1.68. The van der Waals surface area contributed by atoms with Gasteiger partial charge in [0.15, 0.2) is 0 Å². The van der Waals surface area contributed by atoms with Crippen molar-refractivity contribution in [3.8, 4) is 5.75 Å². The van der Waals surface area contributed by atoms with E-state index in [0.717, 1.165) is 17.0 Å². The molecule has 0 aliphatic rings. The molecule has 0 fully saturated rings. The van der Waals surface area contributed by atoms with Crippen LogP contribution in [0, 0.1) is 0 Å². The summed E-state index contributed by atoms with van der Waals surface area (Å²) in [6.45, 7) is 0. The zero-order chi connectivity index (χ0) is 13.1. The Labute approximate surface area is 112 Å². The second-order valence-corrected chi connectivity index (χ2v) is 4.42. The molecular weight excluding hydrogens is 234 g/mol. The Balaban J connectivity index is 1.91. The highest BCUT2D eigenvalue weighted by molar-refractivity contribution is 5.85. The van der Waals surface area contributed by atoms with Crippen LogP contribution in [-0.4, -0.2) is 12.1 Å². The van der Waals surface area contributed by atoms with E-state index in [1.165, 1.54) is 10.9 Å². The number of aromatic amines is 1. The summed E-state index contributed by atoms with van der Waals surface area (Å²) >= 11 is 0. The van der Waals surface area contributed by atoms with Gasteiger partial charge in [0.25, 0.3) is 0 Å². The van der Waals surface area contributed by atoms with E-state index < -0.39 is 0 Å². The number of rotatable bonds is 3. The number of hydrogen-bond donors (Lipinski definition) is 1. The van der Waals surface area contributed by atoms with Gasteiger partial charge in [-0.1, -0.05) is 36.4 Å². The quantitative estimate of drug-likeness (QED) is 0.733. The highest BCUT2D eigenvalue weighted by atomic mass is 16.5. The van der Waals surface area contributed by atoms with Crippen LogP contribution in [-0.2, 0) is 0 Å². The van der Waals surface area contributed by atoms with E-state index >= 15 is 0 Å². The minimum atomic E-state index is 0.868. The van der Waals surface area contributed by atoms with Crippen molar-refractivity contribution in [2.24, 2.45) is 0 Å². The van der Waals surface area contributed by atoms with Crippen LogP contribution < -0.4 is 4.74 Å². The standard InChI is InChI=1S/C17H15NO/c1-19-16-10-8-14-11-15(18-17(14)12-16)9-7-13-5-3-2-4-6-13/h2-12,18H,1H3/b9-7+. The van der Waals surface area contributed by atoms with E-state index in [-0.39, 0.29) is 0 Å². The number of hydrogen-bond acceptors (Lipinski definition) is 1. The largest absolute Gasteiger partial charge is 0.497 e. The smallest absolute Gasteiger partial charge is 0.120 e. The van der Waals surface area contributed by atoms with Crippen molar-refractivity contribution in [3.05, 3.63) is 65.9 Å². The van der Waals surface area contributed by atoms with E-state index in [0.29, 0.717) is 0 Å². The monoisotopic (exact) mass is 249 g/mol. The summed E-state index contributed by atoms with van der Waals surface area (Å²) in [5.74, 6) is 0.868. The molecule has 2 aromatic carbocycles. The maximum atomic E-state index is 5.22. The predicted molar refractivity (Wildman–Crippen MR) is 80.2 cm³/mol. The number of H-pyrrole nitrogens is 1. The molecule has 0 spiro atoms. The average molecular weight is 249 g/mol. The molecule has 0 saturated carbocycles. The Bertz CT molecular complexity index is 710. The van der Waals surface area contributed by atoms with Gasteiger partial charge in [0.1, 0.15) is 5.75 Å². The Kier molecular flexibility index (Phi) is 3.07. The number of nitrogens with one attached hydrogen (secondary N) is 1. The SMILES string of the molecule is COc1ccc2cc(/C=C/c3ccccc3)[nH]c2c1. The second-order valence-electron chi connectivity index (χ2n) is 4.42. The van der Waals surface area contributed by atoms with Gasteiger partial charge in [0.2, 0.25) is 0 Å². The van der Waals surface area contributed by atoms with Gasteiger partial charge in [-0.05, 0) is 29.8 Å². The van der Waals surface area contributed by atoms with Crippen molar-refractivity contribution in [1.29, 1.82) is 0 Å². The topological polar surface area (TPSA) is 25.0 Å². The molecule has 3 aromatic rings. The van der Waals surface area contributed by atoms with Gasteiger partial charge in [0, 0.05) is 22.7 Å². The minimum absolute atomic E-state index is 0.868. The zero-order valence-corrected chi connectivity index (χ0v) is 10.8. The first-order valence-electron chi connectivity index (χ1n) is 6.25. The van der Waals surface area contributed by atoms with Crippen LogP contribution in [0.2, 0.25) is 0 Å². The Morgan fingerprint density at radius 1 is 0.947 bits per heavy atom. The summed E-state index contributed by atoms with van der Waals surface area (Å²) in [5, 5.41) is 1.19. The lowest BCUT2D eigenvalue weighted by atomic mass is 10.2. The zero-order valence-electron chi connectivity index (χ0n) is 10.8. The Morgan fingerprint density at radius 3 is 2.58 bits per heavy atom. The van der Waals surface area contributed by atoms with Crippen LogP contribution in [0.15, 0.2) is 54.6 Å². The van der Waals surface area contributed by atoms with Crippen LogP contribution in [0.3, 0.4) is 0 Å². The lowest BCUT2D eigenvalue weighted by Gasteiger charge is -1.97. The first-order chi connectivity index (χ1) is 9.35. The molecule has 0 radical (unpaired) electrons. The molecule has 1 heterocycles. The number of benzene rings is 2. The highest BCUT2D eigenvalue weighted by Gasteiger charge is 1.99. The number of aromatic nitrogens is 1. The summed E-state index contributed by atoms with van der Waals surface area (Å²) in [4.78, 5) is 3.37. The van der Waals surface area contributed by atoms with E-state index in [1.54, 1.807) is 7.11 Å². The van der Waals surface area contributed by atoms with Gasteiger partial charge < -0.3 is 9.72 Å². The molecule has 94 valence electrons. The van der Waals surface area contributed by atoms with E-state index in [2.05, 4.69) is 41.4 Å². The molecule has 3 rings (SSSR count). The minimum Gasteiger partial charge on any atom is -0.497 e. The molecule has 0 aliphatic heterocycles. The highest BCUT2D eigenvalue weighted by Crippen LogP contribution is 2.22. The fraction of sp³-hybridized carbons (Fsp3) is 0.0588. The van der Waals surface area contributed by atoms with Gasteiger partial charge in [-0.2, -0.15) is 0 Å². The van der Waals surface area contributed by atoms with Gasteiger partial charge in [-0.15, -0.1) is 0 Å². The molecule has 2 heteroatoms. The molecular formula is C17H15NO. The third-order valence-corrected chi connectivity index (χ3v) is 3.11.